The second kappa shape index (κ2) is 10.7. The van der Waals surface area contributed by atoms with E-state index in [0.717, 1.165) is 44.3 Å². The number of nitrogens with zero attached hydrogens (tertiary/aromatic N) is 3. The third-order valence-corrected chi connectivity index (χ3v) is 6.52. The second-order valence-corrected chi connectivity index (χ2v) is 8.90. The fourth-order valence-electron chi connectivity index (χ4n) is 4.47. The van der Waals surface area contributed by atoms with Crippen molar-refractivity contribution in [1.29, 1.82) is 0 Å². The lowest BCUT2D eigenvalue weighted by Gasteiger charge is -2.34. The van der Waals surface area contributed by atoms with Crippen molar-refractivity contribution in [3.63, 3.8) is 0 Å². The van der Waals surface area contributed by atoms with Gasteiger partial charge in [0, 0.05) is 38.4 Å². The van der Waals surface area contributed by atoms with Crippen LogP contribution < -0.4 is 15.5 Å². The highest BCUT2D eigenvalue weighted by molar-refractivity contribution is 5.94. The first kappa shape index (κ1) is 21.8. The first-order valence-corrected chi connectivity index (χ1v) is 11.7. The highest BCUT2D eigenvalue weighted by Gasteiger charge is 2.22. The van der Waals surface area contributed by atoms with E-state index < -0.39 is 0 Å². The molecule has 2 saturated heterocycles. The average molecular weight is 422 g/mol. The zero-order valence-corrected chi connectivity index (χ0v) is 18.6. The van der Waals surface area contributed by atoms with Crippen molar-refractivity contribution in [1.82, 2.24) is 20.5 Å². The number of benzene rings is 1. The zero-order chi connectivity index (χ0) is 21.5. The Hall–Kier alpha value is -2.44. The number of rotatable bonds is 7. The summed E-state index contributed by atoms with van der Waals surface area (Å²) in [5.41, 5.74) is 1.92. The summed E-state index contributed by atoms with van der Waals surface area (Å²) in [5, 5.41) is 6.63. The van der Waals surface area contributed by atoms with Crippen molar-refractivity contribution in [2.45, 2.75) is 32.2 Å². The van der Waals surface area contributed by atoms with Gasteiger partial charge in [-0.05, 0) is 62.5 Å². The van der Waals surface area contributed by atoms with Gasteiger partial charge in [0.05, 0.1) is 5.56 Å². The number of amides is 1. The van der Waals surface area contributed by atoms with E-state index in [1.54, 1.807) is 6.20 Å². The van der Waals surface area contributed by atoms with Crippen LogP contribution in [0.5, 0.6) is 0 Å². The molecule has 0 saturated carbocycles. The Kier molecular flexibility index (Phi) is 7.54. The minimum atomic E-state index is -0.0335. The largest absolute Gasteiger partial charge is 0.353 e. The molecule has 3 heterocycles. The summed E-state index contributed by atoms with van der Waals surface area (Å²) >= 11 is 0. The third-order valence-electron chi connectivity index (χ3n) is 6.52. The lowest BCUT2D eigenvalue weighted by atomic mass is 9.99. The van der Waals surface area contributed by atoms with Crippen LogP contribution in [0, 0.1) is 5.92 Å². The number of hydrogen-bond donors (Lipinski definition) is 2. The fourth-order valence-corrected chi connectivity index (χ4v) is 4.47. The highest BCUT2D eigenvalue weighted by Crippen LogP contribution is 2.21. The summed E-state index contributed by atoms with van der Waals surface area (Å²) < 4.78 is 0. The smallest absolute Gasteiger partial charge is 0.252 e. The van der Waals surface area contributed by atoms with E-state index in [0.29, 0.717) is 18.2 Å². The Bertz CT molecular complexity index is 818. The van der Waals surface area contributed by atoms with Gasteiger partial charge in [0.15, 0.2) is 0 Å². The molecule has 4 rings (SSSR count). The minimum absolute atomic E-state index is 0.0335. The molecule has 0 radical (unpaired) electrons. The number of aromatic nitrogens is 1. The highest BCUT2D eigenvalue weighted by atomic mass is 16.1. The molecule has 0 unspecified atom stereocenters. The lowest BCUT2D eigenvalue weighted by molar-refractivity contribution is 0.0950. The minimum Gasteiger partial charge on any atom is -0.353 e. The Balaban J connectivity index is 1.23. The molecule has 31 heavy (non-hydrogen) atoms. The molecule has 6 heteroatoms. The number of piperidine rings is 1. The molecule has 0 bridgehead atoms. The number of carbonyl (C=O) groups excluding carboxylic acids is 1. The van der Waals surface area contributed by atoms with E-state index in [-0.39, 0.29) is 5.91 Å². The predicted octanol–water partition coefficient (Wildman–Crippen LogP) is 3.08. The zero-order valence-electron chi connectivity index (χ0n) is 18.6. The quantitative estimate of drug-likeness (QED) is 0.673. The molecule has 1 atom stereocenters. The standard InChI is InChI=1S/C25H35N5O/c1-20-10-15-29(16-11-20)14-5-12-27-25(31)22-8-9-24(28-18-22)30-17-13-26-23(19-30)21-6-3-2-4-7-21/h2-4,6-9,18,20,23,26H,5,10-17,19H2,1H3,(H,27,31)/t23-/m0/s1. The molecule has 1 aromatic heterocycles. The molecule has 2 aromatic rings. The fraction of sp³-hybridized carbons (Fsp3) is 0.520. The van der Waals surface area contributed by atoms with E-state index in [9.17, 15) is 4.79 Å². The van der Waals surface area contributed by atoms with Crippen LogP contribution in [0.1, 0.15) is 48.1 Å². The maximum atomic E-state index is 12.5. The Morgan fingerprint density at radius 3 is 2.68 bits per heavy atom. The van der Waals surface area contributed by atoms with Crippen molar-refractivity contribution in [2.24, 2.45) is 5.92 Å². The number of nitrogens with one attached hydrogen (secondary N) is 2. The van der Waals surface area contributed by atoms with E-state index in [4.69, 9.17) is 0 Å². The molecule has 1 aromatic carbocycles. The SMILES string of the molecule is CC1CCN(CCCNC(=O)c2ccc(N3CCN[C@H](c4ccccc4)C3)nc2)CC1. The van der Waals surface area contributed by atoms with Crippen LogP contribution in [0.2, 0.25) is 0 Å². The Labute approximate surface area is 186 Å². The van der Waals surface area contributed by atoms with Crippen LogP contribution in [-0.4, -0.2) is 61.6 Å². The summed E-state index contributed by atoms with van der Waals surface area (Å²) in [4.78, 5) is 21.9. The van der Waals surface area contributed by atoms with Gasteiger partial charge in [-0.1, -0.05) is 37.3 Å². The number of hydrogen-bond acceptors (Lipinski definition) is 5. The maximum absolute atomic E-state index is 12.5. The van der Waals surface area contributed by atoms with Crippen LogP contribution in [0.25, 0.3) is 0 Å². The number of likely N-dealkylation sites (tertiary alicyclic amines) is 1. The van der Waals surface area contributed by atoms with Crippen molar-refractivity contribution in [3.8, 4) is 0 Å². The summed E-state index contributed by atoms with van der Waals surface area (Å²) in [5.74, 6) is 1.75. The van der Waals surface area contributed by atoms with E-state index in [1.807, 2.05) is 18.2 Å². The lowest BCUT2D eigenvalue weighted by Crippen LogP contribution is -2.46. The molecule has 2 N–H and O–H groups in total. The van der Waals surface area contributed by atoms with Gasteiger partial charge < -0.3 is 20.4 Å². The van der Waals surface area contributed by atoms with E-state index in [2.05, 4.69) is 56.6 Å². The van der Waals surface area contributed by atoms with Gasteiger partial charge in [0.25, 0.3) is 5.91 Å². The van der Waals surface area contributed by atoms with Crippen LogP contribution in [0.4, 0.5) is 5.82 Å². The maximum Gasteiger partial charge on any atom is 0.252 e. The van der Waals surface area contributed by atoms with Crippen LogP contribution in [-0.2, 0) is 0 Å². The second-order valence-electron chi connectivity index (χ2n) is 8.90. The summed E-state index contributed by atoms with van der Waals surface area (Å²) in [6.07, 6.45) is 5.29. The van der Waals surface area contributed by atoms with Crippen molar-refractivity contribution < 1.29 is 4.79 Å². The van der Waals surface area contributed by atoms with Gasteiger partial charge in [0.2, 0.25) is 0 Å². The normalized spacial score (nSPS) is 20.5. The van der Waals surface area contributed by atoms with Crippen molar-refractivity contribution >= 4 is 11.7 Å². The van der Waals surface area contributed by atoms with Gasteiger partial charge in [-0.2, -0.15) is 0 Å². The third kappa shape index (κ3) is 6.05. The predicted molar refractivity (Wildman–Crippen MR) is 125 cm³/mol. The van der Waals surface area contributed by atoms with Gasteiger partial charge in [-0.25, -0.2) is 4.98 Å². The summed E-state index contributed by atoms with van der Waals surface area (Å²) in [6.45, 7) is 9.20. The van der Waals surface area contributed by atoms with E-state index in [1.165, 1.54) is 31.5 Å². The summed E-state index contributed by atoms with van der Waals surface area (Å²) in [6, 6.07) is 14.7. The van der Waals surface area contributed by atoms with E-state index >= 15 is 0 Å². The van der Waals surface area contributed by atoms with Crippen LogP contribution in [0.15, 0.2) is 48.7 Å². The number of anilines is 1. The molecule has 0 spiro atoms. The van der Waals surface area contributed by atoms with Gasteiger partial charge in [-0.15, -0.1) is 0 Å². The molecule has 166 valence electrons. The molecule has 6 nitrogen and oxygen atoms in total. The summed E-state index contributed by atoms with van der Waals surface area (Å²) in [7, 11) is 0. The molecule has 2 aliphatic rings. The van der Waals surface area contributed by atoms with Gasteiger partial charge in [0.1, 0.15) is 5.82 Å². The number of piperazine rings is 1. The van der Waals surface area contributed by atoms with Crippen LogP contribution >= 0.6 is 0 Å². The van der Waals surface area contributed by atoms with Crippen molar-refractivity contribution in [2.75, 3.05) is 50.7 Å². The molecule has 1 amide bonds. The Morgan fingerprint density at radius 1 is 1.13 bits per heavy atom. The van der Waals surface area contributed by atoms with Crippen molar-refractivity contribution in [3.05, 3.63) is 59.8 Å². The molecular weight excluding hydrogens is 386 g/mol. The van der Waals surface area contributed by atoms with Gasteiger partial charge >= 0.3 is 0 Å². The Morgan fingerprint density at radius 2 is 1.94 bits per heavy atom. The monoisotopic (exact) mass is 421 g/mol. The van der Waals surface area contributed by atoms with Crippen LogP contribution in [0.3, 0.4) is 0 Å². The number of pyridine rings is 1. The number of carbonyl (C=O) groups is 1. The molecule has 2 fully saturated rings. The van der Waals surface area contributed by atoms with Gasteiger partial charge in [-0.3, -0.25) is 4.79 Å². The topological polar surface area (TPSA) is 60.5 Å². The molecular formula is C25H35N5O. The molecule has 2 aliphatic heterocycles. The average Bonchev–Trinajstić information content (AvgIpc) is 2.83. The first-order chi connectivity index (χ1) is 15.2. The first-order valence-electron chi connectivity index (χ1n) is 11.7. The molecule has 0 aliphatic carbocycles.